The summed E-state index contributed by atoms with van der Waals surface area (Å²) in [4.78, 5) is 0.0447. The molecule has 2 rings (SSSR count). The second kappa shape index (κ2) is 6.05. The van der Waals surface area contributed by atoms with E-state index in [1.165, 1.54) is 12.3 Å². The van der Waals surface area contributed by atoms with Gasteiger partial charge < -0.3 is 5.11 Å². The van der Waals surface area contributed by atoms with Gasteiger partial charge in [-0.05, 0) is 37.1 Å². The zero-order valence-corrected chi connectivity index (χ0v) is 13.2. The Morgan fingerprint density at radius 3 is 2.71 bits per heavy atom. The molecule has 0 aliphatic rings. The van der Waals surface area contributed by atoms with E-state index in [0.717, 1.165) is 0 Å². The maximum atomic E-state index is 12.5. The van der Waals surface area contributed by atoms with Gasteiger partial charge in [-0.15, -0.1) is 0 Å². The summed E-state index contributed by atoms with van der Waals surface area (Å²) in [6.45, 7) is 3.90. The average molecular weight is 330 g/mol. The molecule has 2 aromatic rings. The van der Waals surface area contributed by atoms with Gasteiger partial charge in [-0.3, -0.25) is 9.40 Å². The van der Waals surface area contributed by atoms with Crippen molar-refractivity contribution in [2.45, 2.75) is 31.9 Å². The molecule has 1 heterocycles. The number of aromatic nitrogens is 2. The molecule has 0 saturated carbocycles. The lowest BCUT2D eigenvalue weighted by Gasteiger charge is -2.12. The minimum atomic E-state index is -3.79. The van der Waals surface area contributed by atoms with Crippen molar-refractivity contribution in [3.05, 3.63) is 40.7 Å². The minimum absolute atomic E-state index is 0.0447. The molecule has 0 amide bonds. The van der Waals surface area contributed by atoms with Gasteiger partial charge in [0, 0.05) is 17.8 Å². The van der Waals surface area contributed by atoms with Crippen LogP contribution >= 0.6 is 11.6 Å². The third kappa shape index (κ3) is 3.37. The van der Waals surface area contributed by atoms with Gasteiger partial charge in [0.1, 0.15) is 0 Å². The molecule has 1 aromatic heterocycles. The van der Waals surface area contributed by atoms with Crippen LogP contribution in [0.1, 0.15) is 18.1 Å². The Balaban J connectivity index is 2.42. The van der Waals surface area contributed by atoms with Crippen LogP contribution in [0.25, 0.3) is 0 Å². The van der Waals surface area contributed by atoms with Crippen LogP contribution in [0.2, 0.25) is 5.02 Å². The fourth-order valence-electron chi connectivity index (χ4n) is 1.95. The van der Waals surface area contributed by atoms with Crippen LogP contribution in [0.4, 0.5) is 5.69 Å². The lowest BCUT2D eigenvalue weighted by atomic mass is 10.1. The average Bonchev–Trinajstić information content (AvgIpc) is 2.87. The van der Waals surface area contributed by atoms with Crippen LogP contribution in [-0.4, -0.2) is 23.3 Å². The first kappa shape index (κ1) is 15.8. The van der Waals surface area contributed by atoms with Crippen LogP contribution in [0.15, 0.2) is 29.4 Å². The number of aliphatic hydroxyl groups is 1. The molecule has 0 radical (unpaired) electrons. The van der Waals surface area contributed by atoms with Crippen molar-refractivity contribution in [2.24, 2.45) is 0 Å². The SMILES string of the molecule is CCn1cc(NS(=O)(=O)c2cc(Cl)cc(CO)c2C)cn1. The van der Waals surface area contributed by atoms with E-state index in [0.29, 0.717) is 23.4 Å². The highest BCUT2D eigenvalue weighted by molar-refractivity contribution is 7.92. The first-order chi connectivity index (χ1) is 9.87. The second-order valence-electron chi connectivity index (χ2n) is 4.54. The summed E-state index contributed by atoms with van der Waals surface area (Å²) in [5.41, 5.74) is 1.33. The molecule has 0 spiro atoms. The fraction of sp³-hybridized carbons (Fsp3) is 0.308. The smallest absolute Gasteiger partial charge is 0.262 e. The van der Waals surface area contributed by atoms with Gasteiger partial charge in [0.2, 0.25) is 0 Å². The summed E-state index contributed by atoms with van der Waals surface area (Å²) in [5, 5.41) is 13.5. The van der Waals surface area contributed by atoms with Gasteiger partial charge in [0.05, 0.1) is 23.4 Å². The number of benzene rings is 1. The van der Waals surface area contributed by atoms with Crippen molar-refractivity contribution in [3.8, 4) is 0 Å². The van der Waals surface area contributed by atoms with E-state index in [1.807, 2.05) is 6.92 Å². The zero-order valence-electron chi connectivity index (χ0n) is 11.7. The highest BCUT2D eigenvalue weighted by atomic mass is 35.5. The van der Waals surface area contributed by atoms with Crippen LogP contribution in [-0.2, 0) is 23.2 Å². The van der Waals surface area contributed by atoms with E-state index in [9.17, 15) is 13.5 Å². The number of halogens is 1. The number of nitrogens with one attached hydrogen (secondary N) is 1. The molecule has 0 bridgehead atoms. The molecule has 114 valence electrons. The summed E-state index contributed by atoms with van der Waals surface area (Å²) >= 11 is 5.92. The summed E-state index contributed by atoms with van der Waals surface area (Å²) in [7, 11) is -3.79. The number of anilines is 1. The topological polar surface area (TPSA) is 84.2 Å². The van der Waals surface area contributed by atoms with Crippen molar-refractivity contribution in [1.82, 2.24) is 9.78 Å². The molecule has 8 heteroatoms. The number of hydrogen-bond donors (Lipinski definition) is 2. The normalized spacial score (nSPS) is 11.6. The summed E-state index contributed by atoms with van der Waals surface area (Å²) in [6.07, 6.45) is 3.04. The maximum Gasteiger partial charge on any atom is 0.262 e. The second-order valence-corrected chi connectivity index (χ2v) is 6.62. The molecule has 6 nitrogen and oxygen atoms in total. The predicted octanol–water partition coefficient (Wildman–Crippen LogP) is 2.16. The molecule has 0 aliphatic carbocycles. The van der Waals surface area contributed by atoms with Crippen molar-refractivity contribution >= 4 is 27.3 Å². The molecule has 0 fully saturated rings. The van der Waals surface area contributed by atoms with Crippen LogP contribution in [0.5, 0.6) is 0 Å². The number of rotatable bonds is 5. The number of aryl methyl sites for hydroxylation is 1. The molecule has 1 aromatic carbocycles. The number of sulfonamides is 1. The highest BCUT2D eigenvalue weighted by Crippen LogP contribution is 2.26. The standard InChI is InChI=1S/C13H16ClN3O3S/c1-3-17-7-12(6-15-17)16-21(19,20)13-5-11(14)4-10(8-18)9(13)2/h4-7,16,18H,3,8H2,1-2H3. The van der Waals surface area contributed by atoms with E-state index in [4.69, 9.17) is 11.6 Å². The Labute approximate surface area is 128 Å². The minimum Gasteiger partial charge on any atom is -0.392 e. The van der Waals surface area contributed by atoms with Crippen molar-refractivity contribution < 1.29 is 13.5 Å². The predicted molar refractivity (Wildman–Crippen MR) is 80.8 cm³/mol. The quantitative estimate of drug-likeness (QED) is 0.880. The largest absolute Gasteiger partial charge is 0.392 e. The van der Waals surface area contributed by atoms with Crippen LogP contribution in [0.3, 0.4) is 0 Å². The number of aliphatic hydroxyl groups excluding tert-OH is 1. The Bertz CT molecular complexity index is 756. The first-order valence-corrected chi connectivity index (χ1v) is 8.18. The van der Waals surface area contributed by atoms with E-state index in [1.54, 1.807) is 23.9 Å². The molecule has 0 aliphatic heterocycles. The Kier molecular flexibility index (Phi) is 4.55. The van der Waals surface area contributed by atoms with Crippen molar-refractivity contribution in [2.75, 3.05) is 4.72 Å². The highest BCUT2D eigenvalue weighted by Gasteiger charge is 2.20. The molecular formula is C13H16ClN3O3S. The molecule has 0 unspecified atom stereocenters. The van der Waals surface area contributed by atoms with Gasteiger partial charge >= 0.3 is 0 Å². The van der Waals surface area contributed by atoms with Gasteiger partial charge in [-0.1, -0.05) is 11.6 Å². The Hall–Kier alpha value is -1.57. The summed E-state index contributed by atoms with van der Waals surface area (Å²) < 4.78 is 29.0. The van der Waals surface area contributed by atoms with Gasteiger partial charge in [-0.2, -0.15) is 5.10 Å². The lowest BCUT2D eigenvalue weighted by molar-refractivity contribution is 0.280. The summed E-state index contributed by atoms with van der Waals surface area (Å²) in [6, 6.07) is 2.91. The number of nitrogens with zero attached hydrogens (tertiary/aromatic N) is 2. The summed E-state index contributed by atoms with van der Waals surface area (Å²) in [5.74, 6) is 0. The Morgan fingerprint density at radius 2 is 2.14 bits per heavy atom. The first-order valence-electron chi connectivity index (χ1n) is 6.32. The molecular weight excluding hydrogens is 314 g/mol. The molecule has 2 N–H and O–H groups in total. The third-order valence-electron chi connectivity index (χ3n) is 3.10. The molecule has 0 saturated heterocycles. The van der Waals surface area contributed by atoms with Gasteiger partial charge in [0.25, 0.3) is 10.0 Å². The third-order valence-corrected chi connectivity index (χ3v) is 4.83. The van der Waals surface area contributed by atoms with Crippen molar-refractivity contribution in [3.63, 3.8) is 0 Å². The molecule has 21 heavy (non-hydrogen) atoms. The fourth-order valence-corrected chi connectivity index (χ4v) is 3.60. The van der Waals surface area contributed by atoms with Gasteiger partial charge in [0.15, 0.2) is 0 Å². The monoisotopic (exact) mass is 329 g/mol. The zero-order chi connectivity index (χ0) is 15.6. The van der Waals surface area contributed by atoms with Crippen LogP contribution < -0.4 is 4.72 Å². The molecule has 0 atom stereocenters. The van der Waals surface area contributed by atoms with E-state index >= 15 is 0 Å². The Morgan fingerprint density at radius 1 is 1.43 bits per heavy atom. The van der Waals surface area contributed by atoms with Crippen molar-refractivity contribution in [1.29, 1.82) is 0 Å². The van der Waals surface area contributed by atoms with E-state index < -0.39 is 10.0 Å². The number of hydrogen-bond acceptors (Lipinski definition) is 4. The van der Waals surface area contributed by atoms with E-state index in [2.05, 4.69) is 9.82 Å². The lowest BCUT2D eigenvalue weighted by Crippen LogP contribution is -2.15. The van der Waals surface area contributed by atoms with E-state index in [-0.39, 0.29) is 16.5 Å². The van der Waals surface area contributed by atoms with Gasteiger partial charge in [-0.25, -0.2) is 8.42 Å². The maximum absolute atomic E-state index is 12.5. The van der Waals surface area contributed by atoms with Crippen LogP contribution in [0, 0.1) is 6.92 Å².